The Bertz CT molecular complexity index is 918. The Labute approximate surface area is 163 Å². The van der Waals surface area contributed by atoms with Gasteiger partial charge in [0, 0.05) is 13.1 Å². The number of ether oxygens (including phenoxy) is 1. The highest BCUT2D eigenvalue weighted by atomic mass is 19.4. The van der Waals surface area contributed by atoms with Crippen LogP contribution in [0.5, 0.6) is 5.75 Å². The molecule has 2 rings (SSSR count). The van der Waals surface area contributed by atoms with Crippen LogP contribution in [0.2, 0.25) is 0 Å². The zero-order valence-corrected chi connectivity index (χ0v) is 16.4. The van der Waals surface area contributed by atoms with E-state index in [4.69, 9.17) is 5.73 Å². The third-order valence-corrected chi connectivity index (χ3v) is 3.71. The molecular weight excluding hydrogens is 367 g/mol. The summed E-state index contributed by atoms with van der Waals surface area (Å²) < 4.78 is 40.8. The van der Waals surface area contributed by atoms with E-state index in [0.29, 0.717) is 22.4 Å². The Hall–Kier alpha value is -3.32. The lowest BCUT2D eigenvalue weighted by molar-refractivity contribution is -0.274. The quantitative estimate of drug-likeness (QED) is 0.430. The van der Waals surface area contributed by atoms with Crippen LogP contribution in [0, 0.1) is 30.2 Å². The molecule has 0 heterocycles. The fourth-order valence-electron chi connectivity index (χ4n) is 2.68. The largest absolute Gasteiger partial charge is 0.573 e. The molecule has 0 saturated heterocycles. The molecule has 0 aliphatic heterocycles. The first-order chi connectivity index (χ1) is 13.2. The van der Waals surface area contributed by atoms with Gasteiger partial charge in [-0.1, -0.05) is 31.9 Å². The van der Waals surface area contributed by atoms with E-state index in [1.807, 2.05) is 13.8 Å². The maximum atomic E-state index is 12.3. The van der Waals surface area contributed by atoms with E-state index in [-0.39, 0.29) is 11.4 Å². The van der Waals surface area contributed by atoms with E-state index in [9.17, 15) is 18.4 Å². The summed E-state index contributed by atoms with van der Waals surface area (Å²) in [4.78, 5) is 1.61. The first-order valence-electron chi connectivity index (χ1n) is 8.53. The Morgan fingerprint density at radius 2 is 1.71 bits per heavy atom. The van der Waals surface area contributed by atoms with Gasteiger partial charge in [-0.15, -0.1) is 13.2 Å². The van der Waals surface area contributed by atoms with Gasteiger partial charge in [0.1, 0.15) is 11.8 Å². The Balaban J connectivity index is 0.00000190. The molecule has 0 aromatic heterocycles. The van der Waals surface area contributed by atoms with Gasteiger partial charge >= 0.3 is 6.36 Å². The van der Waals surface area contributed by atoms with Gasteiger partial charge in [-0.3, -0.25) is 0 Å². The molecule has 0 unspecified atom stereocenters. The maximum Gasteiger partial charge on any atom is 0.573 e. The zero-order valence-electron chi connectivity index (χ0n) is 16.4. The van der Waals surface area contributed by atoms with Crippen LogP contribution < -0.4 is 15.4 Å². The van der Waals surface area contributed by atoms with Crippen molar-refractivity contribution in [3.63, 3.8) is 0 Å². The summed E-state index contributed by atoms with van der Waals surface area (Å²) in [7, 11) is 1.71. The second-order valence-corrected chi connectivity index (χ2v) is 5.47. The molecule has 0 atom stereocenters. The van der Waals surface area contributed by atoms with Crippen molar-refractivity contribution in [2.75, 3.05) is 17.7 Å². The van der Waals surface area contributed by atoms with Crippen LogP contribution in [-0.2, 0) is 0 Å². The third kappa shape index (κ3) is 5.34. The number of nitrogens with zero attached hydrogens (tertiary/aromatic N) is 2. The topological polar surface area (TPSA) is 62.3 Å². The van der Waals surface area contributed by atoms with E-state index in [1.165, 1.54) is 24.3 Å². The molecule has 148 valence electrons. The number of anilines is 2. The number of hydrogen-bond donors (Lipinski definition) is 1. The molecule has 0 saturated carbocycles. The molecule has 0 fully saturated rings. The lowest BCUT2D eigenvalue weighted by Crippen LogP contribution is -2.17. The molecule has 0 amide bonds. The Morgan fingerprint density at radius 3 is 2.18 bits per heavy atom. The Morgan fingerprint density at radius 1 is 1.14 bits per heavy atom. The number of nitrogens with two attached hydrogens (primary N) is 1. The highest BCUT2D eigenvalue weighted by Crippen LogP contribution is 2.37. The van der Waals surface area contributed by atoms with Crippen LogP contribution >= 0.6 is 0 Å². The molecule has 0 bridgehead atoms. The van der Waals surface area contributed by atoms with E-state index in [1.54, 1.807) is 31.9 Å². The van der Waals surface area contributed by atoms with Crippen molar-refractivity contribution >= 4 is 11.4 Å². The summed E-state index contributed by atoms with van der Waals surface area (Å²) in [5.41, 5.74) is 9.23. The maximum absolute atomic E-state index is 12.3. The van der Waals surface area contributed by atoms with Crippen LogP contribution in [0.3, 0.4) is 0 Å². The van der Waals surface area contributed by atoms with Crippen LogP contribution in [-0.4, -0.2) is 13.4 Å². The molecule has 4 nitrogen and oxygen atoms in total. The standard InChI is InChI=1S/C19H16F3N3O.C2H6/c1-4-9-25(3)18-12(2)15(10-17(24)16(18)11-23)13-5-7-14(8-6-13)26-19(20,21)22;1-2/h5-8,10H,24H2,1-3H3;1-2H3. The van der Waals surface area contributed by atoms with Crippen LogP contribution in [0.25, 0.3) is 11.1 Å². The number of rotatable bonds is 3. The summed E-state index contributed by atoms with van der Waals surface area (Å²) in [6.45, 7) is 7.48. The van der Waals surface area contributed by atoms with Crippen molar-refractivity contribution in [3.05, 3.63) is 41.5 Å². The third-order valence-electron chi connectivity index (χ3n) is 3.71. The van der Waals surface area contributed by atoms with Gasteiger partial charge in [0.15, 0.2) is 0 Å². The van der Waals surface area contributed by atoms with Crippen molar-refractivity contribution < 1.29 is 17.9 Å². The summed E-state index contributed by atoms with van der Waals surface area (Å²) in [5, 5.41) is 9.42. The lowest BCUT2D eigenvalue weighted by Gasteiger charge is -2.20. The number of nitriles is 1. The van der Waals surface area contributed by atoms with Crippen molar-refractivity contribution in [1.82, 2.24) is 0 Å². The fraction of sp³-hybridized carbons (Fsp3) is 0.286. The number of benzene rings is 2. The van der Waals surface area contributed by atoms with Gasteiger partial charge in [-0.05, 0) is 48.7 Å². The minimum absolute atomic E-state index is 0.267. The average molecular weight is 389 g/mol. The van der Waals surface area contributed by atoms with E-state index in [0.717, 1.165) is 5.56 Å². The smallest absolute Gasteiger partial charge is 0.406 e. The predicted molar refractivity (Wildman–Crippen MR) is 106 cm³/mol. The lowest BCUT2D eigenvalue weighted by atomic mass is 9.94. The van der Waals surface area contributed by atoms with Gasteiger partial charge in [0.05, 0.1) is 16.9 Å². The highest BCUT2D eigenvalue weighted by molar-refractivity contribution is 5.85. The van der Waals surface area contributed by atoms with E-state index < -0.39 is 6.36 Å². The normalized spacial score (nSPS) is 9.96. The molecule has 2 aromatic rings. The molecule has 7 heteroatoms. The number of nitrogen functional groups attached to an aromatic ring is 1. The van der Waals surface area contributed by atoms with Crippen molar-refractivity contribution in [1.29, 1.82) is 5.26 Å². The van der Waals surface area contributed by atoms with Crippen LogP contribution in [0.4, 0.5) is 24.5 Å². The number of halogens is 3. The highest BCUT2D eigenvalue weighted by Gasteiger charge is 2.31. The minimum Gasteiger partial charge on any atom is -0.406 e. The summed E-state index contributed by atoms with van der Waals surface area (Å²) in [5.74, 6) is 2.44. The van der Waals surface area contributed by atoms with Gasteiger partial charge < -0.3 is 15.4 Å². The second kappa shape index (κ2) is 9.57. The fourth-order valence-corrected chi connectivity index (χ4v) is 2.68. The zero-order chi connectivity index (χ0) is 21.5. The Kier molecular flexibility index (Phi) is 7.76. The van der Waals surface area contributed by atoms with E-state index in [2.05, 4.69) is 22.8 Å². The van der Waals surface area contributed by atoms with Crippen molar-refractivity contribution in [2.24, 2.45) is 0 Å². The van der Waals surface area contributed by atoms with Crippen molar-refractivity contribution in [3.8, 4) is 34.9 Å². The van der Waals surface area contributed by atoms with E-state index >= 15 is 0 Å². The van der Waals surface area contributed by atoms with Gasteiger partial charge in [-0.25, -0.2) is 0 Å². The van der Waals surface area contributed by atoms with Crippen LogP contribution in [0.15, 0.2) is 30.3 Å². The SMILES string of the molecule is CC.CC#CN(C)c1c(C)c(-c2ccc(OC(F)(F)F)cc2)cc(N)c1C#N. The molecule has 0 radical (unpaired) electrons. The molecule has 0 aliphatic rings. The number of alkyl halides is 3. The van der Waals surface area contributed by atoms with Gasteiger partial charge in [0.25, 0.3) is 0 Å². The molecule has 2 N–H and O–H groups in total. The van der Waals surface area contributed by atoms with Gasteiger partial charge in [-0.2, -0.15) is 5.26 Å². The molecule has 2 aromatic carbocycles. The first-order valence-corrected chi connectivity index (χ1v) is 8.53. The molecule has 0 aliphatic carbocycles. The van der Waals surface area contributed by atoms with Gasteiger partial charge in [0.2, 0.25) is 0 Å². The second-order valence-electron chi connectivity index (χ2n) is 5.47. The minimum atomic E-state index is -4.75. The summed E-state index contributed by atoms with van der Waals surface area (Å²) in [6, 6.07) is 12.0. The first kappa shape index (κ1) is 22.7. The summed E-state index contributed by atoms with van der Waals surface area (Å²) in [6.07, 6.45) is -4.75. The predicted octanol–water partition coefficient (Wildman–Crippen LogP) is 5.46. The monoisotopic (exact) mass is 389 g/mol. The molecular formula is C21H22F3N3O. The van der Waals surface area contributed by atoms with Crippen molar-refractivity contribution in [2.45, 2.75) is 34.1 Å². The molecule has 0 spiro atoms. The average Bonchev–Trinajstić information content (AvgIpc) is 2.64. The number of hydrogen-bond acceptors (Lipinski definition) is 4. The molecule has 28 heavy (non-hydrogen) atoms. The summed E-state index contributed by atoms with van der Waals surface area (Å²) >= 11 is 0. The van der Waals surface area contributed by atoms with Crippen LogP contribution in [0.1, 0.15) is 31.9 Å².